The zero-order valence-corrected chi connectivity index (χ0v) is 11.4. The highest BCUT2D eigenvalue weighted by Gasteiger charge is 2.18. The van der Waals surface area contributed by atoms with Gasteiger partial charge >= 0.3 is 0 Å². The highest BCUT2D eigenvalue weighted by atomic mass is 79.9. The van der Waals surface area contributed by atoms with Gasteiger partial charge in [-0.05, 0) is 29.3 Å². The first-order valence-corrected chi connectivity index (χ1v) is 6.67. The largest absolute Gasteiger partial charge is 0.493 e. The number of nitrogen functional groups attached to an aromatic ring is 1. The lowest BCUT2D eigenvalue weighted by atomic mass is 10.0. The highest BCUT2D eigenvalue weighted by molar-refractivity contribution is 9.10. The van der Waals surface area contributed by atoms with E-state index in [1.807, 2.05) is 12.1 Å². The van der Waals surface area contributed by atoms with Crippen LogP contribution >= 0.6 is 15.9 Å². The van der Waals surface area contributed by atoms with Crippen molar-refractivity contribution < 1.29 is 4.74 Å². The predicted octanol–water partition coefficient (Wildman–Crippen LogP) is 2.95. The van der Waals surface area contributed by atoms with Gasteiger partial charge in [0.1, 0.15) is 11.6 Å². The van der Waals surface area contributed by atoms with Crippen LogP contribution in [0.5, 0.6) is 5.75 Å². The zero-order chi connectivity index (χ0) is 12.5. The smallest absolute Gasteiger partial charge is 0.126 e. The van der Waals surface area contributed by atoms with Crippen molar-refractivity contribution in [2.24, 2.45) is 0 Å². The second-order valence-corrected chi connectivity index (χ2v) is 5.29. The molecule has 1 aliphatic rings. The fourth-order valence-corrected chi connectivity index (χ4v) is 2.84. The van der Waals surface area contributed by atoms with Gasteiger partial charge in [-0.2, -0.15) is 0 Å². The number of hydrogen-bond acceptors (Lipinski definition) is 3. The first-order chi connectivity index (χ1) is 8.74. The monoisotopic (exact) mass is 304 g/mol. The number of benzene rings is 1. The van der Waals surface area contributed by atoms with Crippen LogP contribution in [0.1, 0.15) is 16.7 Å². The average Bonchev–Trinajstić information content (AvgIpc) is 2.80. The lowest BCUT2D eigenvalue weighted by molar-refractivity contribution is 0.354. The molecule has 1 aliphatic heterocycles. The van der Waals surface area contributed by atoms with Gasteiger partial charge in [0, 0.05) is 29.1 Å². The molecule has 1 aromatic heterocycles. The summed E-state index contributed by atoms with van der Waals surface area (Å²) >= 11 is 3.55. The van der Waals surface area contributed by atoms with Gasteiger partial charge < -0.3 is 10.5 Å². The molecule has 1 aromatic carbocycles. The van der Waals surface area contributed by atoms with Crippen molar-refractivity contribution >= 4 is 21.7 Å². The normalized spacial score (nSPS) is 13.2. The molecule has 0 saturated carbocycles. The Labute approximate surface area is 114 Å². The molecule has 0 radical (unpaired) electrons. The van der Waals surface area contributed by atoms with Gasteiger partial charge in [0.15, 0.2) is 0 Å². The van der Waals surface area contributed by atoms with E-state index in [-0.39, 0.29) is 0 Å². The summed E-state index contributed by atoms with van der Waals surface area (Å²) in [7, 11) is 0. The maximum Gasteiger partial charge on any atom is 0.126 e. The number of nitrogens with two attached hydrogens (primary N) is 1. The number of ether oxygens (including phenoxy) is 1. The minimum absolute atomic E-state index is 0.587. The third-order valence-corrected chi connectivity index (χ3v) is 3.59. The van der Waals surface area contributed by atoms with Gasteiger partial charge in [-0.3, -0.25) is 0 Å². The maximum absolute atomic E-state index is 5.89. The predicted molar refractivity (Wildman–Crippen MR) is 74.8 cm³/mol. The van der Waals surface area contributed by atoms with Gasteiger partial charge in [0.25, 0.3) is 0 Å². The van der Waals surface area contributed by atoms with Crippen LogP contribution < -0.4 is 10.5 Å². The molecule has 2 N–H and O–H groups in total. The van der Waals surface area contributed by atoms with Crippen LogP contribution in [0, 0.1) is 0 Å². The number of nitrogens with zero attached hydrogens (tertiary/aromatic N) is 1. The summed E-state index contributed by atoms with van der Waals surface area (Å²) in [6.45, 7) is 0.765. The van der Waals surface area contributed by atoms with Crippen LogP contribution in [0.2, 0.25) is 0 Å². The van der Waals surface area contributed by atoms with Crippen molar-refractivity contribution in [1.29, 1.82) is 0 Å². The Balaban J connectivity index is 2.01. The fourth-order valence-electron chi connectivity index (χ4n) is 2.28. The molecule has 0 aliphatic carbocycles. The number of hydrogen-bond donors (Lipinski definition) is 1. The third kappa shape index (κ3) is 2.08. The number of pyridine rings is 1. The summed E-state index contributed by atoms with van der Waals surface area (Å²) in [5, 5.41) is 0. The quantitative estimate of drug-likeness (QED) is 0.928. The molecular formula is C14H13BrN2O. The van der Waals surface area contributed by atoms with Crippen LogP contribution in [0.25, 0.3) is 0 Å². The minimum Gasteiger partial charge on any atom is -0.493 e. The molecule has 0 spiro atoms. The molecule has 0 bridgehead atoms. The Hall–Kier alpha value is -1.55. The Morgan fingerprint density at radius 1 is 1.33 bits per heavy atom. The molecule has 0 fully saturated rings. The molecule has 0 saturated heterocycles. The lowest BCUT2D eigenvalue weighted by Crippen LogP contribution is -1.99. The number of aromatic nitrogens is 1. The summed E-state index contributed by atoms with van der Waals surface area (Å²) in [4.78, 5) is 4.12. The Morgan fingerprint density at radius 2 is 2.22 bits per heavy atom. The number of halogens is 1. The molecule has 3 nitrogen and oxygen atoms in total. The van der Waals surface area contributed by atoms with E-state index in [0.29, 0.717) is 5.82 Å². The van der Waals surface area contributed by atoms with Gasteiger partial charge in [-0.25, -0.2) is 4.98 Å². The van der Waals surface area contributed by atoms with E-state index in [4.69, 9.17) is 10.5 Å². The van der Waals surface area contributed by atoms with Crippen molar-refractivity contribution in [3.63, 3.8) is 0 Å². The molecule has 92 valence electrons. The van der Waals surface area contributed by atoms with Gasteiger partial charge in [0.05, 0.1) is 6.61 Å². The summed E-state index contributed by atoms with van der Waals surface area (Å²) in [6, 6.07) is 8.13. The van der Waals surface area contributed by atoms with E-state index in [9.17, 15) is 0 Å². The Morgan fingerprint density at radius 3 is 3.06 bits per heavy atom. The van der Waals surface area contributed by atoms with Gasteiger partial charge in [0.2, 0.25) is 0 Å². The first kappa shape index (κ1) is 11.5. The highest BCUT2D eigenvalue weighted by Crippen LogP contribution is 2.34. The number of fused-ring (bicyclic) bond motifs is 1. The molecule has 0 atom stereocenters. The van der Waals surface area contributed by atoms with Crippen LogP contribution in [0.15, 0.2) is 34.9 Å². The second-order valence-electron chi connectivity index (χ2n) is 4.38. The molecule has 3 rings (SSSR count). The Kier molecular flexibility index (Phi) is 2.96. The van der Waals surface area contributed by atoms with Crippen molar-refractivity contribution in [3.8, 4) is 5.75 Å². The first-order valence-electron chi connectivity index (χ1n) is 5.87. The van der Waals surface area contributed by atoms with Crippen LogP contribution in [0.4, 0.5) is 5.82 Å². The molecule has 4 heteroatoms. The molecular weight excluding hydrogens is 292 g/mol. The molecule has 2 aromatic rings. The number of rotatable bonds is 2. The van der Waals surface area contributed by atoms with Gasteiger partial charge in [-0.1, -0.05) is 22.0 Å². The van der Waals surface area contributed by atoms with Crippen molar-refractivity contribution in [1.82, 2.24) is 4.98 Å². The molecule has 2 heterocycles. The van der Waals surface area contributed by atoms with Crippen molar-refractivity contribution in [2.45, 2.75) is 12.8 Å². The summed E-state index contributed by atoms with van der Waals surface area (Å²) in [5.74, 6) is 1.60. The summed E-state index contributed by atoms with van der Waals surface area (Å²) in [5.41, 5.74) is 9.35. The van der Waals surface area contributed by atoms with E-state index in [2.05, 4.69) is 33.0 Å². The second kappa shape index (κ2) is 4.61. The van der Waals surface area contributed by atoms with Crippen LogP contribution in [0.3, 0.4) is 0 Å². The molecule has 0 unspecified atom stereocenters. The topological polar surface area (TPSA) is 48.1 Å². The van der Waals surface area contributed by atoms with E-state index < -0.39 is 0 Å². The average molecular weight is 305 g/mol. The van der Waals surface area contributed by atoms with E-state index in [0.717, 1.165) is 40.8 Å². The molecule has 18 heavy (non-hydrogen) atoms. The van der Waals surface area contributed by atoms with Crippen LogP contribution in [-0.2, 0) is 12.8 Å². The standard InChI is InChI=1S/C14H13BrN2O/c15-12-7-9-3-5-18-13(9)11(8-12)6-10-2-1-4-17-14(10)16/h1-2,4,7-8H,3,5-6H2,(H2,16,17). The third-order valence-electron chi connectivity index (χ3n) is 3.13. The van der Waals surface area contributed by atoms with Gasteiger partial charge in [-0.15, -0.1) is 0 Å². The summed E-state index contributed by atoms with van der Waals surface area (Å²) < 4.78 is 6.80. The number of anilines is 1. The Bertz CT molecular complexity index is 598. The van der Waals surface area contributed by atoms with Crippen molar-refractivity contribution in [3.05, 3.63) is 51.6 Å². The van der Waals surface area contributed by atoms with E-state index in [1.54, 1.807) is 6.20 Å². The SMILES string of the molecule is Nc1ncccc1Cc1cc(Br)cc2c1OCC2. The van der Waals surface area contributed by atoms with Crippen molar-refractivity contribution in [2.75, 3.05) is 12.3 Å². The maximum atomic E-state index is 5.89. The van der Waals surface area contributed by atoms with Crippen LogP contribution in [-0.4, -0.2) is 11.6 Å². The lowest BCUT2D eigenvalue weighted by Gasteiger charge is -2.10. The molecule has 0 amide bonds. The summed E-state index contributed by atoms with van der Waals surface area (Å²) in [6.07, 6.45) is 3.44. The van der Waals surface area contributed by atoms with E-state index in [1.165, 1.54) is 5.56 Å². The minimum atomic E-state index is 0.587. The zero-order valence-electron chi connectivity index (χ0n) is 9.82. The van der Waals surface area contributed by atoms with E-state index >= 15 is 0 Å². The fraction of sp³-hybridized carbons (Fsp3) is 0.214.